The first kappa shape index (κ1) is 24.4. The van der Waals surface area contributed by atoms with Crippen LogP contribution in [0, 0.1) is 0 Å². The molecule has 144 valence electrons. The summed E-state index contributed by atoms with van der Waals surface area (Å²) in [4.78, 5) is 20.9. The smallest absolute Gasteiger partial charge is 0.239 e. The molecule has 3 atom stereocenters. The van der Waals surface area contributed by atoms with Crippen molar-refractivity contribution in [1.82, 2.24) is 20.1 Å². The average Bonchev–Trinajstić information content (AvgIpc) is 3.01. The van der Waals surface area contributed by atoms with Crippen LogP contribution >= 0.6 is 37.2 Å². The minimum atomic E-state index is -0.388. The zero-order chi connectivity index (χ0) is 15.5. The van der Waals surface area contributed by atoms with Crippen LogP contribution in [0.5, 0.6) is 0 Å². The predicted octanol–water partition coefficient (Wildman–Crippen LogP) is 1.27. The standard InChI is InChI=1S/C16H24N4O2.3ClH/c1-12(13-3-2-4-17-10-13)19-5-7-20(8-6-19)16(22)15-9-14(21)11-18-15;;;/h2-4,10,12,14-15,18,21H,5-9,11H2,1H3;3*1H. The topological polar surface area (TPSA) is 68.7 Å². The molecule has 6 nitrogen and oxygen atoms in total. The number of aliphatic hydroxyl groups excluding tert-OH is 1. The van der Waals surface area contributed by atoms with Gasteiger partial charge in [0.15, 0.2) is 0 Å². The summed E-state index contributed by atoms with van der Waals surface area (Å²) in [6, 6.07) is 4.16. The van der Waals surface area contributed by atoms with Crippen LogP contribution in [0.1, 0.15) is 24.9 Å². The van der Waals surface area contributed by atoms with Gasteiger partial charge in [0.25, 0.3) is 0 Å². The van der Waals surface area contributed by atoms with E-state index in [1.165, 1.54) is 5.56 Å². The van der Waals surface area contributed by atoms with Crippen molar-refractivity contribution >= 4 is 43.1 Å². The van der Waals surface area contributed by atoms with Crippen molar-refractivity contribution in [2.24, 2.45) is 0 Å². The summed E-state index contributed by atoms with van der Waals surface area (Å²) in [5.74, 6) is 0.130. The Morgan fingerprint density at radius 2 is 1.96 bits per heavy atom. The summed E-state index contributed by atoms with van der Waals surface area (Å²) >= 11 is 0. The van der Waals surface area contributed by atoms with Crippen LogP contribution in [0.3, 0.4) is 0 Å². The summed E-state index contributed by atoms with van der Waals surface area (Å²) in [5, 5.41) is 12.6. The number of amides is 1. The number of hydrogen-bond donors (Lipinski definition) is 2. The van der Waals surface area contributed by atoms with E-state index in [0.717, 1.165) is 26.2 Å². The van der Waals surface area contributed by atoms with Crippen LogP contribution in [0.15, 0.2) is 24.5 Å². The van der Waals surface area contributed by atoms with Gasteiger partial charge in [0.1, 0.15) is 0 Å². The lowest BCUT2D eigenvalue weighted by Gasteiger charge is -2.39. The molecule has 0 radical (unpaired) electrons. The normalized spacial score (nSPS) is 24.5. The summed E-state index contributed by atoms with van der Waals surface area (Å²) in [7, 11) is 0. The SMILES string of the molecule is CC(c1cccnc1)N1CCN(C(=O)C2CC(O)CN2)CC1.Cl.Cl.Cl. The molecule has 3 rings (SSSR count). The molecule has 2 N–H and O–H groups in total. The van der Waals surface area contributed by atoms with Crippen molar-refractivity contribution in [3.63, 3.8) is 0 Å². The molecular formula is C16H27Cl3N4O2. The molecular weight excluding hydrogens is 387 g/mol. The molecule has 1 aromatic rings. The number of nitrogens with one attached hydrogen (secondary N) is 1. The van der Waals surface area contributed by atoms with E-state index >= 15 is 0 Å². The molecule has 0 spiro atoms. The van der Waals surface area contributed by atoms with Crippen molar-refractivity contribution in [2.45, 2.75) is 31.5 Å². The summed E-state index contributed by atoms with van der Waals surface area (Å²) in [6.07, 6.45) is 3.84. The molecule has 3 unspecified atom stereocenters. The fourth-order valence-corrected chi connectivity index (χ4v) is 3.29. The molecule has 2 aliphatic rings. The Morgan fingerprint density at radius 1 is 1.28 bits per heavy atom. The van der Waals surface area contributed by atoms with Crippen LogP contribution < -0.4 is 5.32 Å². The van der Waals surface area contributed by atoms with Crippen molar-refractivity contribution in [3.05, 3.63) is 30.1 Å². The van der Waals surface area contributed by atoms with Gasteiger partial charge in [-0.1, -0.05) is 6.07 Å². The number of hydrogen-bond acceptors (Lipinski definition) is 5. The van der Waals surface area contributed by atoms with Gasteiger partial charge in [-0.05, 0) is 25.0 Å². The summed E-state index contributed by atoms with van der Waals surface area (Å²) in [5.41, 5.74) is 1.21. The fourth-order valence-electron chi connectivity index (χ4n) is 3.29. The Labute approximate surface area is 167 Å². The first-order valence-electron chi connectivity index (χ1n) is 7.99. The summed E-state index contributed by atoms with van der Waals surface area (Å²) in [6.45, 7) is 5.95. The molecule has 9 heteroatoms. The molecule has 0 saturated carbocycles. The molecule has 0 aromatic carbocycles. The highest BCUT2D eigenvalue weighted by Gasteiger charge is 2.33. The van der Waals surface area contributed by atoms with Gasteiger partial charge < -0.3 is 15.3 Å². The molecule has 0 aliphatic carbocycles. The van der Waals surface area contributed by atoms with E-state index in [2.05, 4.69) is 28.2 Å². The van der Waals surface area contributed by atoms with E-state index in [4.69, 9.17) is 0 Å². The molecule has 0 bridgehead atoms. The van der Waals surface area contributed by atoms with Gasteiger partial charge in [0, 0.05) is 51.2 Å². The van der Waals surface area contributed by atoms with Crippen LogP contribution in [-0.4, -0.2) is 70.7 Å². The van der Waals surface area contributed by atoms with Gasteiger partial charge in [0.2, 0.25) is 5.91 Å². The van der Waals surface area contributed by atoms with Gasteiger partial charge >= 0.3 is 0 Å². The molecule has 25 heavy (non-hydrogen) atoms. The second-order valence-corrected chi connectivity index (χ2v) is 6.17. The predicted molar refractivity (Wildman–Crippen MR) is 105 cm³/mol. The Balaban J connectivity index is 0.00000192. The van der Waals surface area contributed by atoms with E-state index < -0.39 is 0 Å². The van der Waals surface area contributed by atoms with E-state index in [1.54, 1.807) is 6.20 Å². The number of aliphatic hydroxyl groups is 1. The van der Waals surface area contributed by atoms with Crippen molar-refractivity contribution in [2.75, 3.05) is 32.7 Å². The zero-order valence-corrected chi connectivity index (χ0v) is 16.7. The van der Waals surface area contributed by atoms with Crippen LogP contribution in [0.25, 0.3) is 0 Å². The van der Waals surface area contributed by atoms with E-state index in [0.29, 0.717) is 19.0 Å². The third-order valence-electron chi connectivity index (χ3n) is 4.75. The lowest BCUT2D eigenvalue weighted by Crippen LogP contribution is -2.53. The third-order valence-corrected chi connectivity index (χ3v) is 4.75. The quantitative estimate of drug-likeness (QED) is 0.781. The number of rotatable bonds is 3. The van der Waals surface area contributed by atoms with Gasteiger partial charge in [-0.15, -0.1) is 37.2 Å². The highest BCUT2D eigenvalue weighted by Crippen LogP contribution is 2.21. The Bertz CT molecular complexity index is 515. The van der Waals surface area contributed by atoms with Crippen LogP contribution in [0.2, 0.25) is 0 Å². The maximum Gasteiger partial charge on any atom is 0.239 e. The maximum atomic E-state index is 12.4. The number of carbonyl (C=O) groups is 1. The van der Waals surface area contributed by atoms with Crippen LogP contribution in [0.4, 0.5) is 0 Å². The molecule has 1 amide bonds. The van der Waals surface area contributed by atoms with Crippen molar-refractivity contribution in [1.29, 1.82) is 0 Å². The average molecular weight is 414 g/mol. The van der Waals surface area contributed by atoms with Gasteiger partial charge in [-0.2, -0.15) is 0 Å². The molecule has 3 heterocycles. The van der Waals surface area contributed by atoms with Crippen molar-refractivity contribution in [3.8, 4) is 0 Å². The Morgan fingerprint density at radius 3 is 2.48 bits per heavy atom. The third kappa shape index (κ3) is 5.94. The molecule has 2 aliphatic heterocycles. The first-order valence-corrected chi connectivity index (χ1v) is 7.99. The van der Waals surface area contributed by atoms with Gasteiger partial charge in [-0.25, -0.2) is 0 Å². The molecule has 1 aromatic heterocycles. The van der Waals surface area contributed by atoms with E-state index in [1.807, 2.05) is 17.2 Å². The highest BCUT2D eigenvalue weighted by molar-refractivity contribution is 5.86. The second kappa shape index (κ2) is 11.2. The fraction of sp³-hybridized carbons (Fsp3) is 0.625. The van der Waals surface area contributed by atoms with Gasteiger partial charge in [-0.3, -0.25) is 14.7 Å². The molecule has 2 saturated heterocycles. The monoisotopic (exact) mass is 412 g/mol. The lowest BCUT2D eigenvalue weighted by molar-refractivity contribution is -0.135. The Hall–Kier alpha value is -0.630. The maximum absolute atomic E-state index is 12.4. The number of pyridine rings is 1. The first-order chi connectivity index (χ1) is 10.6. The Kier molecular flexibility index (Phi) is 10.9. The number of nitrogens with zero attached hydrogens (tertiary/aromatic N) is 3. The number of β-amino-alcohol motifs (C(OH)–C–C–N with tert-alkyl or cyclic N) is 1. The number of halogens is 3. The molecule has 2 fully saturated rings. The minimum absolute atomic E-state index is 0. The van der Waals surface area contributed by atoms with Crippen molar-refractivity contribution < 1.29 is 9.90 Å². The van der Waals surface area contributed by atoms with Gasteiger partial charge in [0.05, 0.1) is 12.1 Å². The minimum Gasteiger partial charge on any atom is -0.392 e. The largest absolute Gasteiger partial charge is 0.392 e. The number of aromatic nitrogens is 1. The zero-order valence-electron chi connectivity index (χ0n) is 14.2. The second-order valence-electron chi connectivity index (χ2n) is 6.17. The van der Waals surface area contributed by atoms with E-state index in [9.17, 15) is 9.90 Å². The van der Waals surface area contributed by atoms with E-state index in [-0.39, 0.29) is 55.3 Å². The lowest BCUT2D eigenvalue weighted by atomic mass is 10.1. The number of carbonyl (C=O) groups excluding carboxylic acids is 1. The van der Waals surface area contributed by atoms with Crippen LogP contribution in [-0.2, 0) is 4.79 Å². The number of piperazine rings is 1. The summed E-state index contributed by atoms with van der Waals surface area (Å²) < 4.78 is 0. The highest BCUT2D eigenvalue weighted by atomic mass is 35.5.